The zero-order chi connectivity index (χ0) is 21.6. The molecule has 0 bridgehead atoms. The molecule has 1 aromatic carbocycles. The van der Waals surface area contributed by atoms with Gasteiger partial charge in [0.25, 0.3) is 0 Å². The second-order valence-corrected chi connectivity index (χ2v) is 22.8. The number of rotatable bonds is 3. The molecule has 3 fully saturated rings. The Balaban J connectivity index is 0.000000241. The SMILES string of the molecule is C1CC[CH]([Sn+]([CH]2CCCCC2)[CH]2CCCCC2)CC1.CC(=O)[O-].[SnH3][c]1ccccc1. The summed E-state index contributed by atoms with van der Waals surface area (Å²) < 4.78 is 5.50. The van der Waals surface area contributed by atoms with Crippen LogP contribution in [0.2, 0.25) is 11.8 Å². The van der Waals surface area contributed by atoms with Gasteiger partial charge in [-0.05, 0) is 6.92 Å². The van der Waals surface area contributed by atoms with E-state index in [1.54, 1.807) is 96.3 Å². The summed E-state index contributed by atoms with van der Waals surface area (Å²) in [4.78, 5) is 8.89. The molecule has 30 heavy (non-hydrogen) atoms. The summed E-state index contributed by atoms with van der Waals surface area (Å²) in [6.07, 6.45) is 24.2. The predicted octanol–water partition coefficient (Wildman–Crippen LogP) is 4.92. The first kappa shape index (κ1) is 26.5. The molecule has 3 aliphatic rings. The fraction of sp³-hybridized carbons (Fsp3) is 0.731. The van der Waals surface area contributed by atoms with Gasteiger partial charge in [0, 0.05) is 5.97 Å². The van der Waals surface area contributed by atoms with Crippen LogP contribution in [-0.4, -0.2) is 48.3 Å². The van der Waals surface area contributed by atoms with Gasteiger partial charge in [-0.25, -0.2) is 0 Å². The monoisotopic (exact) mass is 628 g/mol. The number of carbonyl (C=O) groups is 1. The van der Waals surface area contributed by atoms with Crippen molar-refractivity contribution in [3.63, 3.8) is 0 Å². The van der Waals surface area contributed by atoms with Crippen molar-refractivity contribution in [2.45, 2.75) is 115 Å². The van der Waals surface area contributed by atoms with E-state index in [1.807, 2.05) is 0 Å². The molecule has 1 aromatic rings. The Kier molecular flexibility index (Phi) is 14.1. The van der Waals surface area contributed by atoms with Gasteiger partial charge in [-0.15, -0.1) is 0 Å². The molecule has 0 spiro atoms. The number of hydrogen-bond donors (Lipinski definition) is 0. The summed E-state index contributed by atoms with van der Waals surface area (Å²) in [6.45, 7) is 0.972. The van der Waals surface area contributed by atoms with E-state index >= 15 is 0 Å². The molecular weight excluding hydrogens is 582 g/mol. The van der Waals surface area contributed by atoms with Crippen LogP contribution in [0, 0.1) is 0 Å². The van der Waals surface area contributed by atoms with Gasteiger partial charge in [-0.3, -0.25) is 0 Å². The molecule has 2 nitrogen and oxygen atoms in total. The van der Waals surface area contributed by atoms with Crippen LogP contribution in [-0.2, 0) is 4.79 Å². The fourth-order valence-corrected chi connectivity index (χ4v) is 21.9. The Morgan fingerprint density at radius 2 is 1.03 bits per heavy atom. The number of carbonyl (C=O) groups excluding carboxylic acids is 1. The Morgan fingerprint density at radius 1 is 0.733 bits per heavy atom. The van der Waals surface area contributed by atoms with E-state index in [4.69, 9.17) is 9.90 Å². The second kappa shape index (κ2) is 16.0. The molecule has 3 saturated carbocycles. The van der Waals surface area contributed by atoms with E-state index in [9.17, 15) is 0 Å². The second-order valence-electron chi connectivity index (χ2n) is 9.65. The van der Waals surface area contributed by atoms with Crippen molar-refractivity contribution in [2.24, 2.45) is 0 Å². The maximum atomic E-state index is 8.89. The number of aliphatic carboxylic acids is 1. The minimum absolute atomic E-state index is 0.708. The van der Waals surface area contributed by atoms with Gasteiger partial charge >= 0.3 is 184 Å². The first-order valence-electron chi connectivity index (χ1n) is 12.6. The molecule has 0 unspecified atom stereocenters. The van der Waals surface area contributed by atoms with Crippen LogP contribution in [0.15, 0.2) is 30.3 Å². The predicted molar refractivity (Wildman–Crippen MR) is 133 cm³/mol. The van der Waals surface area contributed by atoms with E-state index in [0.29, 0.717) is 22.5 Å². The zero-order valence-corrected chi connectivity index (χ0v) is 28.1. The standard InChI is InChI=1S/3C6H11.C6H5.C2H4O2.2Sn.3H/c4*1-2-4-6-5-3-1;1-2(3)4;;;;;/h3*1H,2-6H2;1-5H;1H3,(H,3,4);;;;;/q;;;;;;+1;;;/p-1. The Hall–Kier alpha value is 0.287. The van der Waals surface area contributed by atoms with Crippen molar-refractivity contribution in [2.75, 3.05) is 0 Å². The number of benzene rings is 1. The average Bonchev–Trinajstić information content (AvgIpc) is 2.77. The summed E-state index contributed by atoms with van der Waals surface area (Å²) >= 11 is -0.443. The van der Waals surface area contributed by atoms with Gasteiger partial charge in [-0.1, -0.05) is 0 Å². The van der Waals surface area contributed by atoms with Gasteiger partial charge in [0.15, 0.2) is 0 Å². The van der Waals surface area contributed by atoms with Crippen molar-refractivity contribution in [1.82, 2.24) is 0 Å². The molecule has 0 atom stereocenters. The van der Waals surface area contributed by atoms with Gasteiger partial charge in [0.1, 0.15) is 0 Å². The van der Waals surface area contributed by atoms with Crippen molar-refractivity contribution in [3.8, 4) is 0 Å². The molecule has 0 radical (unpaired) electrons. The van der Waals surface area contributed by atoms with E-state index < -0.39 is 25.7 Å². The molecular formula is C26H44O2Sn2. The van der Waals surface area contributed by atoms with E-state index in [0.717, 1.165) is 6.92 Å². The van der Waals surface area contributed by atoms with Crippen LogP contribution in [0.4, 0.5) is 0 Å². The van der Waals surface area contributed by atoms with Crippen LogP contribution in [0.25, 0.3) is 0 Å². The quantitative estimate of drug-likeness (QED) is 0.448. The molecule has 0 amide bonds. The van der Waals surface area contributed by atoms with Gasteiger partial charge in [0.05, 0.1) is 0 Å². The molecule has 4 heteroatoms. The summed E-state index contributed by atoms with van der Waals surface area (Å²) in [5.41, 5.74) is 0. The van der Waals surface area contributed by atoms with E-state index in [2.05, 4.69) is 30.3 Å². The summed E-state index contributed by atoms with van der Waals surface area (Å²) in [5, 5.41) is 8.89. The summed E-state index contributed by atoms with van der Waals surface area (Å²) in [5.74, 6) is -1.08. The molecule has 0 N–H and O–H groups in total. The third-order valence-corrected chi connectivity index (χ3v) is 22.1. The molecule has 4 rings (SSSR count). The third-order valence-electron chi connectivity index (χ3n) is 7.17. The number of hydrogen-bond acceptors (Lipinski definition) is 2. The topological polar surface area (TPSA) is 40.1 Å². The van der Waals surface area contributed by atoms with Crippen LogP contribution in [0.3, 0.4) is 0 Å². The first-order valence-corrected chi connectivity index (χ1v) is 20.4. The summed E-state index contributed by atoms with van der Waals surface area (Å²) in [7, 11) is 0. The Bertz CT molecular complexity index is 513. The fourth-order valence-electron chi connectivity index (χ4n) is 5.84. The molecule has 0 saturated heterocycles. The van der Waals surface area contributed by atoms with Crippen LogP contribution in [0.1, 0.15) is 103 Å². The van der Waals surface area contributed by atoms with Crippen LogP contribution >= 0.6 is 0 Å². The average molecular weight is 626 g/mol. The molecule has 168 valence electrons. The number of carboxylic acids is 1. The van der Waals surface area contributed by atoms with Crippen molar-refractivity contribution < 1.29 is 9.90 Å². The molecule has 0 aromatic heterocycles. The van der Waals surface area contributed by atoms with Gasteiger partial charge in [-0.2, -0.15) is 0 Å². The molecule has 0 aliphatic heterocycles. The Morgan fingerprint density at radius 3 is 1.27 bits per heavy atom. The van der Waals surface area contributed by atoms with Crippen molar-refractivity contribution in [3.05, 3.63) is 30.3 Å². The number of carboxylic acid groups (broad SMARTS) is 1. The minimum atomic E-state index is -1.15. The van der Waals surface area contributed by atoms with Gasteiger partial charge < -0.3 is 9.90 Å². The van der Waals surface area contributed by atoms with E-state index in [-0.39, 0.29) is 0 Å². The van der Waals surface area contributed by atoms with Crippen molar-refractivity contribution >= 4 is 51.8 Å². The first-order chi connectivity index (χ1) is 14.6. The maximum absolute atomic E-state index is 8.89. The molecule has 3 aliphatic carbocycles. The van der Waals surface area contributed by atoms with E-state index in [1.165, 1.54) is 15.4 Å². The van der Waals surface area contributed by atoms with Gasteiger partial charge in [0.2, 0.25) is 0 Å². The Labute approximate surface area is 205 Å². The zero-order valence-electron chi connectivity index (χ0n) is 19.5. The summed E-state index contributed by atoms with van der Waals surface area (Å²) in [6, 6.07) is 10.6. The van der Waals surface area contributed by atoms with Crippen LogP contribution in [0.5, 0.6) is 0 Å². The third kappa shape index (κ3) is 10.7. The molecule has 0 heterocycles. The van der Waals surface area contributed by atoms with Crippen LogP contribution < -0.4 is 8.69 Å². The van der Waals surface area contributed by atoms with Crippen molar-refractivity contribution in [1.29, 1.82) is 0 Å². The normalized spacial score (nSPS) is 21.0.